The van der Waals surface area contributed by atoms with Crippen molar-refractivity contribution in [3.63, 3.8) is 0 Å². The maximum absolute atomic E-state index is 12.9. The third-order valence-electron chi connectivity index (χ3n) is 4.30. The molecule has 2 heterocycles. The van der Waals surface area contributed by atoms with Crippen LogP contribution in [-0.4, -0.2) is 13.9 Å². The number of rotatable bonds is 3. The van der Waals surface area contributed by atoms with E-state index in [4.69, 9.17) is 23.2 Å². The van der Waals surface area contributed by atoms with Crippen LogP contribution in [0.15, 0.2) is 40.8 Å². The van der Waals surface area contributed by atoms with Gasteiger partial charge in [0.15, 0.2) is 0 Å². The molecule has 0 N–H and O–H groups in total. The van der Waals surface area contributed by atoms with Gasteiger partial charge in [0.2, 0.25) is 0 Å². The lowest BCUT2D eigenvalue weighted by Crippen LogP contribution is -2.22. The number of nitrogens with zero attached hydrogens (tertiary/aromatic N) is 2. The third kappa shape index (κ3) is 2.69. The summed E-state index contributed by atoms with van der Waals surface area (Å²) >= 11 is 13.7. The molecule has 4 rings (SSSR count). The Morgan fingerprint density at radius 1 is 1.35 bits per heavy atom. The van der Waals surface area contributed by atoms with Gasteiger partial charge in [-0.25, -0.2) is 4.98 Å². The van der Waals surface area contributed by atoms with Gasteiger partial charge < -0.3 is 0 Å². The van der Waals surface area contributed by atoms with Gasteiger partial charge in [0, 0.05) is 23.4 Å². The van der Waals surface area contributed by atoms with Crippen LogP contribution in [0.5, 0.6) is 0 Å². The van der Waals surface area contributed by atoms with Crippen LogP contribution in [0.3, 0.4) is 0 Å². The third-order valence-corrected chi connectivity index (χ3v) is 6.11. The van der Waals surface area contributed by atoms with Crippen LogP contribution in [-0.2, 0) is 6.54 Å². The number of aromatic nitrogens is 2. The van der Waals surface area contributed by atoms with E-state index in [2.05, 4.69) is 4.98 Å². The summed E-state index contributed by atoms with van der Waals surface area (Å²) in [6.45, 7) is 2.56. The summed E-state index contributed by atoms with van der Waals surface area (Å²) in [5, 5.41) is 2.68. The van der Waals surface area contributed by atoms with Crippen molar-refractivity contribution in [3.8, 4) is 11.1 Å². The van der Waals surface area contributed by atoms with E-state index in [1.807, 2.05) is 36.6 Å². The van der Waals surface area contributed by atoms with Gasteiger partial charge in [0.05, 0.1) is 11.7 Å². The zero-order chi connectivity index (χ0) is 16.2. The van der Waals surface area contributed by atoms with E-state index in [1.165, 1.54) is 16.9 Å². The Morgan fingerprint density at radius 2 is 2.04 bits per heavy atom. The highest BCUT2D eigenvalue weighted by atomic mass is 35.5. The lowest BCUT2D eigenvalue weighted by atomic mass is 10.1. The molecule has 3 aromatic rings. The summed E-state index contributed by atoms with van der Waals surface area (Å²) in [5.74, 6) is 0.115. The van der Waals surface area contributed by atoms with Crippen molar-refractivity contribution in [3.05, 3.63) is 51.9 Å². The van der Waals surface area contributed by atoms with Gasteiger partial charge in [-0.05, 0) is 18.9 Å². The second-order valence-electron chi connectivity index (χ2n) is 6.06. The van der Waals surface area contributed by atoms with Crippen molar-refractivity contribution in [1.82, 2.24) is 9.55 Å². The molecule has 1 aliphatic carbocycles. The Balaban J connectivity index is 1.81. The molecule has 1 saturated carbocycles. The van der Waals surface area contributed by atoms with Gasteiger partial charge in [0.1, 0.15) is 9.16 Å². The van der Waals surface area contributed by atoms with E-state index in [9.17, 15) is 4.79 Å². The minimum absolute atomic E-state index is 0.0251. The van der Waals surface area contributed by atoms with Gasteiger partial charge in [-0.2, -0.15) is 0 Å². The summed E-state index contributed by atoms with van der Waals surface area (Å²) in [4.78, 5) is 18.1. The van der Waals surface area contributed by atoms with E-state index in [0.29, 0.717) is 11.9 Å². The molecule has 0 radical (unpaired) electrons. The van der Waals surface area contributed by atoms with Gasteiger partial charge in [-0.1, -0.05) is 29.8 Å². The van der Waals surface area contributed by atoms with E-state index in [-0.39, 0.29) is 11.5 Å². The Hall–Kier alpha value is -1.36. The number of fused-ring (bicyclic) bond motifs is 1. The van der Waals surface area contributed by atoms with Crippen LogP contribution >= 0.6 is 34.5 Å². The number of halogens is 2. The summed E-state index contributed by atoms with van der Waals surface area (Å²) in [5.41, 5.74) is 3.14. The number of alkyl halides is 2. The van der Waals surface area contributed by atoms with E-state index in [1.54, 1.807) is 10.9 Å². The molecule has 0 aliphatic heterocycles. The van der Waals surface area contributed by atoms with Gasteiger partial charge in [-0.15, -0.1) is 34.5 Å². The van der Waals surface area contributed by atoms with Crippen LogP contribution in [0.4, 0.5) is 0 Å². The minimum atomic E-state index is -0.692. The summed E-state index contributed by atoms with van der Waals surface area (Å²) in [6, 6.07) is 8.18. The molecule has 0 bridgehead atoms. The second-order valence-corrected chi connectivity index (χ2v) is 8.46. The average Bonchev–Trinajstić information content (AvgIpc) is 2.94. The molecule has 6 heteroatoms. The van der Waals surface area contributed by atoms with Crippen LogP contribution in [0.2, 0.25) is 0 Å². The predicted molar refractivity (Wildman–Crippen MR) is 96.6 cm³/mol. The molecule has 1 aliphatic rings. The molecule has 0 saturated heterocycles. The molecule has 2 aromatic heterocycles. The molecule has 23 heavy (non-hydrogen) atoms. The normalized spacial score (nSPS) is 19.2. The summed E-state index contributed by atoms with van der Waals surface area (Å²) < 4.78 is 0.937. The van der Waals surface area contributed by atoms with E-state index < -0.39 is 4.33 Å². The van der Waals surface area contributed by atoms with Gasteiger partial charge >= 0.3 is 0 Å². The first kappa shape index (κ1) is 15.2. The molecule has 1 unspecified atom stereocenters. The molecule has 1 aromatic carbocycles. The fraction of sp³-hybridized carbons (Fsp3) is 0.294. The number of aryl methyl sites for hydroxylation is 1. The lowest BCUT2D eigenvalue weighted by molar-refractivity contribution is 0.597. The van der Waals surface area contributed by atoms with Crippen molar-refractivity contribution < 1.29 is 0 Å². The first-order valence-electron chi connectivity index (χ1n) is 7.37. The molecule has 1 fully saturated rings. The highest BCUT2D eigenvalue weighted by Crippen LogP contribution is 2.53. The zero-order valence-electron chi connectivity index (χ0n) is 12.4. The standard InChI is InChI=1S/C17H14Cl2N2OS/c1-10-2-4-11(5-3-10)13-8-23-15-14(13)16(22)21(9-20-15)7-12-6-17(12,18)19/h2-5,8-9,12H,6-7H2,1H3. The molecule has 0 spiro atoms. The maximum Gasteiger partial charge on any atom is 0.262 e. The SMILES string of the molecule is Cc1ccc(-c2csc3ncn(CC4CC4(Cl)Cl)c(=O)c23)cc1. The van der Waals surface area contributed by atoms with Gasteiger partial charge in [-0.3, -0.25) is 9.36 Å². The molecular formula is C17H14Cl2N2OS. The smallest absolute Gasteiger partial charge is 0.262 e. The highest BCUT2D eigenvalue weighted by Gasteiger charge is 2.51. The van der Waals surface area contributed by atoms with E-state index in [0.717, 1.165) is 22.4 Å². The van der Waals surface area contributed by atoms with Crippen LogP contribution in [0.25, 0.3) is 21.3 Å². The summed E-state index contributed by atoms with van der Waals surface area (Å²) in [6.07, 6.45) is 2.32. The Kier molecular flexibility index (Phi) is 3.52. The summed E-state index contributed by atoms with van der Waals surface area (Å²) in [7, 11) is 0. The molecule has 1 atom stereocenters. The lowest BCUT2D eigenvalue weighted by Gasteiger charge is -2.06. The molecule has 3 nitrogen and oxygen atoms in total. The number of thiophene rings is 1. The van der Waals surface area contributed by atoms with Crippen molar-refractivity contribution >= 4 is 44.8 Å². The molecule has 118 valence electrons. The van der Waals surface area contributed by atoms with Crippen molar-refractivity contribution in [2.45, 2.75) is 24.2 Å². The Labute approximate surface area is 147 Å². The number of benzene rings is 1. The van der Waals surface area contributed by atoms with Crippen molar-refractivity contribution in [2.75, 3.05) is 0 Å². The van der Waals surface area contributed by atoms with E-state index >= 15 is 0 Å². The van der Waals surface area contributed by atoms with Crippen LogP contribution in [0.1, 0.15) is 12.0 Å². The average molecular weight is 365 g/mol. The molecule has 0 amide bonds. The number of hydrogen-bond donors (Lipinski definition) is 0. The first-order chi connectivity index (χ1) is 11.0. The fourth-order valence-corrected chi connectivity index (χ4v) is 4.17. The van der Waals surface area contributed by atoms with Crippen molar-refractivity contribution in [2.24, 2.45) is 5.92 Å². The maximum atomic E-state index is 12.9. The van der Waals surface area contributed by atoms with Crippen molar-refractivity contribution in [1.29, 1.82) is 0 Å². The van der Waals surface area contributed by atoms with Crippen LogP contribution < -0.4 is 5.56 Å². The number of hydrogen-bond acceptors (Lipinski definition) is 3. The predicted octanol–water partition coefficient (Wildman–Crippen LogP) is 4.63. The zero-order valence-corrected chi connectivity index (χ0v) is 14.8. The Bertz CT molecular complexity index is 943. The minimum Gasteiger partial charge on any atom is -0.298 e. The highest BCUT2D eigenvalue weighted by molar-refractivity contribution is 7.17. The van der Waals surface area contributed by atoms with Gasteiger partial charge in [0.25, 0.3) is 5.56 Å². The first-order valence-corrected chi connectivity index (χ1v) is 9.01. The molecular weight excluding hydrogens is 351 g/mol. The fourth-order valence-electron chi connectivity index (χ4n) is 2.75. The second kappa shape index (κ2) is 5.33. The topological polar surface area (TPSA) is 34.9 Å². The monoisotopic (exact) mass is 364 g/mol. The quantitative estimate of drug-likeness (QED) is 0.635. The largest absolute Gasteiger partial charge is 0.298 e. The van der Waals surface area contributed by atoms with Crippen LogP contribution in [0, 0.1) is 12.8 Å². The Morgan fingerprint density at radius 3 is 2.70 bits per heavy atom.